The molecule has 1 atom stereocenters. The smallest absolute Gasteiger partial charge is 0.272 e. The number of thiazole rings is 1. The predicted molar refractivity (Wildman–Crippen MR) is 199 cm³/mol. The second-order valence-electron chi connectivity index (χ2n) is 11.1. The van der Waals surface area contributed by atoms with Crippen molar-refractivity contribution in [1.29, 1.82) is 0 Å². The van der Waals surface area contributed by atoms with Crippen LogP contribution in [-0.4, -0.2) is 32.9 Å². The van der Waals surface area contributed by atoms with Crippen molar-refractivity contribution in [2.75, 3.05) is 10.6 Å². The van der Waals surface area contributed by atoms with E-state index in [1.165, 1.54) is 53.4 Å². The number of anilines is 2. The van der Waals surface area contributed by atoms with Crippen LogP contribution in [0.25, 0.3) is 28.1 Å². The Morgan fingerprint density at radius 3 is 2.26 bits per heavy atom. The molecule has 6 aromatic rings. The van der Waals surface area contributed by atoms with E-state index in [-0.39, 0.29) is 17.3 Å². The summed E-state index contributed by atoms with van der Waals surface area (Å²) in [5.74, 6) is -1.27. The first-order valence-electron chi connectivity index (χ1n) is 15.4. The van der Waals surface area contributed by atoms with E-state index in [4.69, 9.17) is 0 Å². The number of hydrogen-bond acceptors (Lipinski definition) is 8. The van der Waals surface area contributed by atoms with Gasteiger partial charge < -0.3 is 16.0 Å². The summed E-state index contributed by atoms with van der Waals surface area (Å²) >= 11 is 2.72. The molecule has 0 bridgehead atoms. The molecule has 248 valence electrons. The highest BCUT2D eigenvalue weighted by Gasteiger charge is 2.18. The molecule has 12 heteroatoms. The molecule has 0 saturated carbocycles. The standard InChI is InChI=1S/C38H29N5O5S2/c1-24(35(44)42-38-41-34(23-49-38)29-14-13-26-7-5-6-10-28(26)22-29)50-32-19-15-30(16-20-32)39-37(46)33(40-36(45)27-8-3-2-4-9-27)21-25-11-17-31(18-12-25)43(47)48/h2-24H,1H3,(H,39,46)(H,40,45)(H,41,42,44)/b33-21-. The molecule has 10 nitrogen and oxygen atoms in total. The molecule has 1 heterocycles. The average molecular weight is 700 g/mol. The zero-order valence-electron chi connectivity index (χ0n) is 26.5. The predicted octanol–water partition coefficient (Wildman–Crippen LogP) is 8.40. The van der Waals surface area contributed by atoms with Crippen LogP contribution >= 0.6 is 23.1 Å². The van der Waals surface area contributed by atoms with Crippen molar-refractivity contribution in [3.63, 3.8) is 0 Å². The van der Waals surface area contributed by atoms with Gasteiger partial charge in [-0.05, 0) is 83.9 Å². The minimum atomic E-state index is -0.590. The topological polar surface area (TPSA) is 143 Å². The van der Waals surface area contributed by atoms with E-state index in [0.29, 0.717) is 21.9 Å². The molecule has 6 rings (SSSR count). The molecule has 1 unspecified atom stereocenters. The van der Waals surface area contributed by atoms with Gasteiger partial charge in [-0.3, -0.25) is 24.5 Å². The third kappa shape index (κ3) is 8.48. The second kappa shape index (κ2) is 15.4. The molecule has 0 spiro atoms. The number of fused-ring (bicyclic) bond motifs is 1. The zero-order valence-corrected chi connectivity index (χ0v) is 28.2. The van der Waals surface area contributed by atoms with Gasteiger partial charge in [0.25, 0.3) is 17.5 Å². The van der Waals surface area contributed by atoms with Gasteiger partial charge in [0.05, 0.1) is 15.9 Å². The fourth-order valence-corrected chi connectivity index (χ4v) is 6.48. The number of rotatable bonds is 11. The van der Waals surface area contributed by atoms with Crippen LogP contribution < -0.4 is 16.0 Å². The molecule has 0 aliphatic rings. The van der Waals surface area contributed by atoms with Crippen LogP contribution in [0.2, 0.25) is 0 Å². The zero-order chi connectivity index (χ0) is 35.0. The fourth-order valence-electron chi connectivity index (χ4n) is 4.89. The number of thioether (sulfide) groups is 1. The van der Waals surface area contributed by atoms with Gasteiger partial charge in [-0.2, -0.15) is 0 Å². The van der Waals surface area contributed by atoms with E-state index in [2.05, 4.69) is 45.2 Å². The van der Waals surface area contributed by atoms with Crippen molar-refractivity contribution < 1.29 is 19.3 Å². The number of nitro benzene ring substituents is 1. The Labute approximate surface area is 295 Å². The lowest BCUT2D eigenvalue weighted by molar-refractivity contribution is -0.384. The Morgan fingerprint density at radius 2 is 1.54 bits per heavy atom. The molecule has 3 amide bonds. The summed E-state index contributed by atoms with van der Waals surface area (Å²) in [5.41, 5.74) is 2.92. The van der Waals surface area contributed by atoms with Crippen LogP contribution in [0.15, 0.2) is 137 Å². The largest absolute Gasteiger partial charge is 0.321 e. The highest BCUT2D eigenvalue weighted by molar-refractivity contribution is 8.00. The molecule has 0 saturated heterocycles. The fraction of sp³-hybridized carbons (Fsp3) is 0.0526. The van der Waals surface area contributed by atoms with Gasteiger partial charge in [-0.15, -0.1) is 23.1 Å². The summed E-state index contributed by atoms with van der Waals surface area (Å²) in [7, 11) is 0. The number of carbonyl (C=O) groups excluding carboxylic acids is 3. The first kappa shape index (κ1) is 33.8. The Balaban J connectivity index is 1.08. The monoisotopic (exact) mass is 699 g/mol. The Kier molecular flexibility index (Phi) is 10.4. The number of aromatic nitrogens is 1. The molecular formula is C38H29N5O5S2. The first-order valence-corrected chi connectivity index (χ1v) is 17.1. The Morgan fingerprint density at radius 1 is 0.840 bits per heavy atom. The first-order chi connectivity index (χ1) is 24.2. The number of non-ortho nitro benzene ring substituents is 1. The maximum Gasteiger partial charge on any atom is 0.272 e. The van der Waals surface area contributed by atoms with E-state index in [0.717, 1.165) is 26.9 Å². The van der Waals surface area contributed by atoms with Gasteiger partial charge >= 0.3 is 0 Å². The Bertz CT molecular complexity index is 2220. The van der Waals surface area contributed by atoms with E-state index in [9.17, 15) is 24.5 Å². The number of nitrogens with zero attached hydrogens (tertiary/aromatic N) is 2. The van der Waals surface area contributed by atoms with Crippen molar-refractivity contribution in [3.8, 4) is 11.3 Å². The minimum Gasteiger partial charge on any atom is -0.321 e. The van der Waals surface area contributed by atoms with E-state index < -0.39 is 22.0 Å². The third-order valence-electron chi connectivity index (χ3n) is 7.52. The molecule has 0 aliphatic heterocycles. The van der Waals surface area contributed by atoms with Crippen molar-refractivity contribution in [2.24, 2.45) is 0 Å². The average Bonchev–Trinajstić information content (AvgIpc) is 3.61. The molecule has 5 aromatic carbocycles. The maximum atomic E-state index is 13.4. The number of hydrogen-bond donors (Lipinski definition) is 3. The highest BCUT2D eigenvalue weighted by atomic mass is 32.2. The maximum absolute atomic E-state index is 13.4. The summed E-state index contributed by atoms with van der Waals surface area (Å²) in [4.78, 5) is 55.3. The van der Waals surface area contributed by atoms with E-state index >= 15 is 0 Å². The van der Waals surface area contributed by atoms with Crippen LogP contribution in [0, 0.1) is 10.1 Å². The SMILES string of the molecule is CC(Sc1ccc(NC(=O)/C(=C/c2ccc([N+](=O)[O-])cc2)NC(=O)c2ccccc2)cc1)C(=O)Nc1nc(-c2ccc3ccccc3c2)cs1. The third-order valence-corrected chi connectivity index (χ3v) is 9.39. The number of carbonyl (C=O) groups is 3. The minimum absolute atomic E-state index is 0.0533. The lowest BCUT2D eigenvalue weighted by atomic mass is 10.1. The number of amides is 3. The van der Waals surface area contributed by atoms with Gasteiger partial charge in [-0.1, -0.05) is 54.6 Å². The molecule has 0 radical (unpaired) electrons. The van der Waals surface area contributed by atoms with Crippen LogP contribution in [0.3, 0.4) is 0 Å². The lowest BCUT2D eigenvalue weighted by Crippen LogP contribution is -2.30. The Hall–Kier alpha value is -6.11. The lowest BCUT2D eigenvalue weighted by Gasteiger charge is -2.13. The molecule has 0 aliphatic carbocycles. The van der Waals surface area contributed by atoms with Crippen molar-refractivity contribution >= 4 is 74.2 Å². The van der Waals surface area contributed by atoms with Gasteiger partial charge in [0.2, 0.25) is 5.91 Å². The summed E-state index contributed by atoms with van der Waals surface area (Å²) in [6.45, 7) is 1.80. The summed E-state index contributed by atoms with van der Waals surface area (Å²) < 4.78 is 0. The normalized spacial score (nSPS) is 11.8. The van der Waals surface area contributed by atoms with Crippen molar-refractivity contribution in [1.82, 2.24) is 10.3 Å². The van der Waals surface area contributed by atoms with E-state index in [1.54, 1.807) is 61.5 Å². The summed E-state index contributed by atoms with van der Waals surface area (Å²) in [5, 5.41) is 23.7. The summed E-state index contributed by atoms with van der Waals surface area (Å²) in [6, 6.07) is 35.3. The molecular weight excluding hydrogens is 671 g/mol. The van der Waals surface area contributed by atoms with Crippen LogP contribution in [-0.2, 0) is 9.59 Å². The molecule has 3 N–H and O–H groups in total. The van der Waals surface area contributed by atoms with E-state index in [1.807, 2.05) is 23.6 Å². The highest BCUT2D eigenvalue weighted by Crippen LogP contribution is 2.30. The van der Waals surface area contributed by atoms with Gasteiger partial charge in [0.1, 0.15) is 5.70 Å². The van der Waals surface area contributed by atoms with Crippen LogP contribution in [0.4, 0.5) is 16.5 Å². The molecule has 1 aromatic heterocycles. The molecule has 0 fully saturated rings. The van der Waals surface area contributed by atoms with Gasteiger partial charge in [-0.25, -0.2) is 4.98 Å². The van der Waals surface area contributed by atoms with Gasteiger partial charge in [0.15, 0.2) is 5.13 Å². The van der Waals surface area contributed by atoms with Gasteiger partial charge in [0, 0.05) is 39.2 Å². The quantitative estimate of drug-likeness (QED) is 0.0533. The van der Waals surface area contributed by atoms with Crippen LogP contribution in [0.5, 0.6) is 0 Å². The van der Waals surface area contributed by atoms with Crippen molar-refractivity contribution in [2.45, 2.75) is 17.1 Å². The second-order valence-corrected chi connectivity index (χ2v) is 13.3. The number of nitrogens with one attached hydrogen (secondary N) is 3. The van der Waals surface area contributed by atoms with Crippen LogP contribution in [0.1, 0.15) is 22.8 Å². The number of nitro groups is 1. The summed E-state index contributed by atoms with van der Waals surface area (Å²) in [6.07, 6.45) is 1.44. The number of benzene rings is 5. The van der Waals surface area contributed by atoms with Crippen molar-refractivity contribution in [3.05, 3.63) is 154 Å². The molecule has 50 heavy (non-hydrogen) atoms.